The van der Waals surface area contributed by atoms with Crippen LogP contribution in [0.1, 0.15) is 0 Å². The Morgan fingerprint density at radius 3 is 2.15 bits per heavy atom. The van der Waals surface area contributed by atoms with Crippen LogP contribution >= 0.6 is 27.5 Å². The van der Waals surface area contributed by atoms with Gasteiger partial charge in [0.25, 0.3) is 11.1 Å². The number of nitrogens with zero attached hydrogens (tertiary/aromatic N) is 2. The van der Waals surface area contributed by atoms with E-state index in [2.05, 4.69) is 15.9 Å². The summed E-state index contributed by atoms with van der Waals surface area (Å²) in [5.41, 5.74) is 0.519. The van der Waals surface area contributed by atoms with Gasteiger partial charge in [-0.15, -0.1) is 0 Å². The van der Waals surface area contributed by atoms with E-state index in [9.17, 15) is 9.59 Å². The predicted molar refractivity (Wildman–Crippen MR) is 82.3 cm³/mol. The van der Waals surface area contributed by atoms with E-state index in [1.165, 1.54) is 0 Å². The Hall–Kier alpha value is -1.85. The lowest BCUT2D eigenvalue weighted by atomic mass is 10.2. The summed E-state index contributed by atoms with van der Waals surface area (Å²) in [5, 5.41) is 1.36. The standard InChI is InChI=1S/C14H6BrClN2O2/c15-9-5-1-3-7-11(9)17-12-8(4-2-6-10(12)16)14(20)18(17)13(7)19/h1-6H. The van der Waals surface area contributed by atoms with Crippen LogP contribution in [-0.2, 0) is 0 Å². The molecule has 0 amide bonds. The lowest BCUT2D eigenvalue weighted by Crippen LogP contribution is -2.21. The zero-order valence-corrected chi connectivity index (χ0v) is 12.3. The summed E-state index contributed by atoms with van der Waals surface area (Å²) in [7, 11) is 0. The minimum Gasteiger partial charge on any atom is -0.267 e. The normalized spacial score (nSPS) is 11.9. The SMILES string of the molecule is O=c1c2cccc(Cl)c2n2c3c(Br)cccc3c(=O)n12. The van der Waals surface area contributed by atoms with Gasteiger partial charge in [-0.2, -0.15) is 4.52 Å². The predicted octanol–water partition coefficient (Wildman–Crippen LogP) is 2.92. The lowest BCUT2D eigenvalue weighted by Gasteiger charge is -1.98. The molecule has 98 valence electrons. The van der Waals surface area contributed by atoms with Crippen LogP contribution in [0.25, 0.3) is 21.8 Å². The van der Waals surface area contributed by atoms with Gasteiger partial charge in [0.2, 0.25) is 0 Å². The van der Waals surface area contributed by atoms with Crippen molar-refractivity contribution in [1.82, 2.24) is 9.03 Å². The molecule has 6 heteroatoms. The van der Waals surface area contributed by atoms with E-state index in [0.717, 1.165) is 8.99 Å². The summed E-state index contributed by atoms with van der Waals surface area (Å²) in [4.78, 5) is 24.8. The Balaban J connectivity index is 2.56. The number of aromatic nitrogens is 2. The highest BCUT2D eigenvalue weighted by molar-refractivity contribution is 9.10. The number of para-hydroxylation sites is 2. The van der Waals surface area contributed by atoms with Gasteiger partial charge in [0.15, 0.2) is 0 Å². The van der Waals surface area contributed by atoms with Gasteiger partial charge in [-0.05, 0) is 40.2 Å². The van der Waals surface area contributed by atoms with E-state index in [-0.39, 0.29) is 11.1 Å². The van der Waals surface area contributed by atoms with Crippen molar-refractivity contribution in [2.45, 2.75) is 0 Å². The van der Waals surface area contributed by atoms with E-state index in [4.69, 9.17) is 11.6 Å². The van der Waals surface area contributed by atoms with Crippen LogP contribution in [0.5, 0.6) is 0 Å². The van der Waals surface area contributed by atoms with E-state index in [1.807, 2.05) is 6.07 Å². The Morgan fingerprint density at radius 2 is 1.45 bits per heavy atom. The summed E-state index contributed by atoms with van der Waals surface area (Å²) >= 11 is 9.65. The largest absolute Gasteiger partial charge is 0.282 e. The molecule has 0 aliphatic rings. The first-order chi connectivity index (χ1) is 9.61. The molecule has 0 spiro atoms. The molecule has 0 fully saturated rings. The highest BCUT2D eigenvalue weighted by Gasteiger charge is 2.19. The zero-order chi connectivity index (χ0) is 14.0. The van der Waals surface area contributed by atoms with Crippen molar-refractivity contribution in [1.29, 1.82) is 0 Å². The topological polar surface area (TPSA) is 43.0 Å². The number of fused-ring (bicyclic) bond motifs is 5. The molecule has 0 aliphatic heterocycles. The molecule has 0 bridgehead atoms. The first-order valence-electron chi connectivity index (χ1n) is 5.87. The molecule has 4 rings (SSSR count). The molecular formula is C14H6BrClN2O2. The molecule has 0 saturated heterocycles. The van der Waals surface area contributed by atoms with Crippen molar-refractivity contribution in [3.05, 3.63) is 66.6 Å². The molecule has 2 aromatic carbocycles. The maximum Gasteiger partial charge on any atom is 0.282 e. The third-order valence-corrected chi connectivity index (χ3v) is 4.39. The molecule has 0 aliphatic carbocycles. The van der Waals surface area contributed by atoms with Crippen LogP contribution in [0.2, 0.25) is 5.02 Å². The molecule has 0 unspecified atom stereocenters. The minimum atomic E-state index is -0.351. The van der Waals surface area contributed by atoms with Crippen molar-refractivity contribution in [2.24, 2.45) is 0 Å². The zero-order valence-electron chi connectivity index (χ0n) is 9.93. The van der Waals surface area contributed by atoms with E-state index in [1.54, 1.807) is 34.8 Å². The Morgan fingerprint density at radius 1 is 0.850 bits per heavy atom. The summed E-state index contributed by atoms with van der Waals surface area (Å²) in [6, 6.07) is 10.4. The molecule has 2 heterocycles. The van der Waals surface area contributed by atoms with Crippen LogP contribution in [0, 0.1) is 0 Å². The van der Waals surface area contributed by atoms with Gasteiger partial charge in [-0.3, -0.25) is 9.59 Å². The molecule has 2 aromatic heterocycles. The second kappa shape index (κ2) is 3.84. The number of hydrogen-bond donors (Lipinski definition) is 0. The molecule has 0 N–H and O–H groups in total. The third kappa shape index (κ3) is 1.26. The average Bonchev–Trinajstić information content (AvgIpc) is 2.88. The van der Waals surface area contributed by atoms with Gasteiger partial charge < -0.3 is 0 Å². The monoisotopic (exact) mass is 348 g/mol. The highest BCUT2D eigenvalue weighted by Crippen LogP contribution is 2.27. The average molecular weight is 350 g/mol. The van der Waals surface area contributed by atoms with Crippen LogP contribution in [-0.4, -0.2) is 9.03 Å². The lowest BCUT2D eigenvalue weighted by molar-refractivity contribution is 0.840. The maximum absolute atomic E-state index is 12.4. The van der Waals surface area contributed by atoms with Crippen LogP contribution in [0.15, 0.2) is 50.5 Å². The Bertz CT molecular complexity index is 1030. The van der Waals surface area contributed by atoms with Gasteiger partial charge in [0, 0.05) is 4.47 Å². The fraction of sp³-hybridized carbons (Fsp3) is 0. The summed E-state index contributed by atoms with van der Waals surface area (Å²) in [5.74, 6) is 0. The summed E-state index contributed by atoms with van der Waals surface area (Å²) < 4.78 is 3.46. The van der Waals surface area contributed by atoms with Gasteiger partial charge in [-0.25, -0.2) is 4.52 Å². The molecule has 4 nitrogen and oxygen atoms in total. The smallest absolute Gasteiger partial charge is 0.267 e. The highest BCUT2D eigenvalue weighted by atomic mass is 79.9. The number of hydrogen-bond acceptors (Lipinski definition) is 2. The number of halogens is 2. The Kier molecular flexibility index (Phi) is 2.29. The van der Waals surface area contributed by atoms with E-state index < -0.39 is 0 Å². The summed E-state index contributed by atoms with van der Waals surface area (Å²) in [6.07, 6.45) is 0. The first-order valence-corrected chi connectivity index (χ1v) is 7.04. The van der Waals surface area contributed by atoms with E-state index in [0.29, 0.717) is 26.8 Å². The number of benzene rings is 2. The first kappa shape index (κ1) is 11.9. The van der Waals surface area contributed by atoms with Crippen molar-refractivity contribution in [3.8, 4) is 0 Å². The van der Waals surface area contributed by atoms with Gasteiger partial charge in [0.05, 0.1) is 26.8 Å². The fourth-order valence-corrected chi connectivity index (χ4v) is 3.41. The van der Waals surface area contributed by atoms with Crippen molar-refractivity contribution in [3.63, 3.8) is 0 Å². The van der Waals surface area contributed by atoms with Crippen LogP contribution < -0.4 is 11.1 Å². The Labute approximate surface area is 125 Å². The van der Waals surface area contributed by atoms with Crippen LogP contribution in [0.3, 0.4) is 0 Å². The molecular weight excluding hydrogens is 344 g/mol. The van der Waals surface area contributed by atoms with Gasteiger partial charge in [-0.1, -0.05) is 23.7 Å². The maximum atomic E-state index is 12.4. The molecule has 0 saturated carbocycles. The quantitative estimate of drug-likeness (QED) is 0.490. The second-order valence-electron chi connectivity index (χ2n) is 4.51. The van der Waals surface area contributed by atoms with Gasteiger partial charge >= 0.3 is 0 Å². The van der Waals surface area contributed by atoms with Crippen molar-refractivity contribution < 1.29 is 0 Å². The summed E-state index contributed by atoms with van der Waals surface area (Å²) in [6.45, 7) is 0. The number of rotatable bonds is 0. The van der Waals surface area contributed by atoms with Crippen molar-refractivity contribution >= 4 is 49.3 Å². The molecule has 20 heavy (non-hydrogen) atoms. The third-order valence-electron chi connectivity index (χ3n) is 3.44. The minimum absolute atomic E-state index is 0.335. The molecule has 0 atom stereocenters. The molecule has 0 radical (unpaired) electrons. The second-order valence-corrected chi connectivity index (χ2v) is 5.77. The van der Waals surface area contributed by atoms with Gasteiger partial charge in [0.1, 0.15) is 0 Å². The fourth-order valence-electron chi connectivity index (χ4n) is 2.62. The molecule has 4 aromatic rings. The van der Waals surface area contributed by atoms with E-state index >= 15 is 0 Å². The van der Waals surface area contributed by atoms with Crippen molar-refractivity contribution in [2.75, 3.05) is 0 Å². The van der Waals surface area contributed by atoms with Crippen LogP contribution in [0.4, 0.5) is 0 Å².